The van der Waals surface area contributed by atoms with Crippen LogP contribution in [-0.2, 0) is 30.3 Å². The van der Waals surface area contributed by atoms with E-state index in [4.69, 9.17) is 9.47 Å². The summed E-state index contributed by atoms with van der Waals surface area (Å²) in [5.41, 5.74) is -0.0388. The molecule has 3 fully saturated rings. The lowest BCUT2D eigenvalue weighted by Crippen LogP contribution is -2.61. The second-order valence-corrected chi connectivity index (χ2v) is 10.6. The molecule has 1 amide bonds. The van der Waals surface area contributed by atoms with Crippen molar-refractivity contribution in [2.24, 2.45) is 23.7 Å². The largest absolute Gasteiger partial charge is 0.448 e. The molecule has 1 aromatic rings. The number of carbonyl (C=O) groups is 3. The number of allylic oxidation sites excluding steroid dienone is 2. The summed E-state index contributed by atoms with van der Waals surface area (Å²) in [4.78, 5) is 39.5. The van der Waals surface area contributed by atoms with Crippen molar-refractivity contribution in [3.05, 3.63) is 59.7 Å². The second kappa shape index (κ2) is 8.19. The van der Waals surface area contributed by atoms with Crippen LogP contribution in [0.4, 0.5) is 0 Å². The average Bonchev–Trinajstić information content (AvgIpc) is 3.43. The molecule has 0 radical (unpaired) electrons. The normalized spacial score (nSPS) is 44.1. The van der Waals surface area contributed by atoms with Crippen molar-refractivity contribution in [1.29, 1.82) is 0 Å². The van der Waals surface area contributed by atoms with Gasteiger partial charge in [-0.25, -0.2) is 0 Å². The van der Waals surface area contributed by atoms with Crippen LogP contribution >= 0.6 is 0 Å². The maximum atomic E-state index is 13.8. The molecule has 3 heterocycles. The van der Waals surface area contributed by atoms with Gasteiger partial charge in [-0.1, -0.05) is 62.4 Å². The Morgan fingerprint density at radius 2 is 1.85 bits per heavy atom. The zero-order valence-corrected chi connectivity index (χ0v) is 20.2. The number of esters is 1. The summed E-state index contributed by atoms with van der Waals surface area (Å²) >= 11 is 0. The van der Waals surface area contributed by atoms with Gasteiger partial charge >= 0.3 is 5.97 Å². The monoisotopic (exact) mass is 463 g/mol. The zero-order valence-electron chi connectivity index (χ0n) is 20.2. The van der Waals surface area contributed by atoms with E-state index in [0.29, 0.717) is 18.4 Å². The van der Waals surface area contributed by atoms with E-state index in [1.807, 2.05) is 37.3 Å². The highest BCUT2D eigenvalue weighted by atomic mass is 16.6. The van der Waals surface area contributed by atoms with E-state index in [1.54, 1.807) is 13.0 Å². The first-order valence-electron chi connectivity index (χ1n) is 12.3. The van der Waals surface area contributed by atoms with Crippen molar-refractivity contribution in [3.8, 4) is 0 Å². The maximum Gasteiger partial charge on any atom is 0.310 e. The highest BCUT2D eigenvalue weighted by Crippen LogP contribution is 2.63. The fourth-order valence-corrected chi connectivity index (χ4v) is 6.50. The number of carbonyl (C=O) groups excluding carboxylic acids is 3. The number of amides is 1. The van der Waals surface area contributed by atoms with Crippen LogP contribution < -0.4 is 5.32 Å². The molecule has 5 rings (SSSR count). The third-order valence-corrected chi connectivity index (χ3v) is 8.58. The van der Waals surface area contributed by atoms with Crippen molar-refractivity contribution in [2.45, 2.75) is 70.3 Å². The summed E-state index contributed by atoms with van der Waals surface area (Å²) in [5, 5.41) is 3.21. The Kier molecular flexibility index (Phi) is 5.55. The molecule has 6 nitrogen and oxygen atoms in total. The summed E-state index contributed by atoms with van der Waals surface area (Å²) in [7, 11) is 0. The van der Waals surface area contributed by atoms with Crippen molar-refractivity contribution in [2.75, 3.05) is 0 Å². The first kappa shape index (κ1) is 23.0. The molecule has 0 unspecified atom stereocenters. The highest BCUT2D eigenvalue weighted by Gasteiger charge is 2.78. The predicted octanol–water partition coefficient (Wildman–Crippen LogP) is 3.55. The Balaban J connectivity index is 1.58. The quantitative estimate of drug-likeness (QED) is 0.412. The smallest absolute Gasteiger partial charge is 0.310 e. The van der Waals surface area contributed by atoms with Gasteiger partial charge in [0.25, 0.3) is 5.91 Å². The van der Waals surface area contributed by atoms with E-state index in [9.17, 15) is 14.4 Å². The number of ether oxygens (including phenoxy) is 2. The Labute approximate surface area is 200 Å². The molecule has 8 atom stereocenters. The number of ketones is 1. The molecule has 1 aromatic carbocycles. The van der Waals surface area contributed by atoms with Crippen molar-refractivity contribution in [1.82, 2.24) is 5.32 Å². The number of nitrogens with one attached hydrogen (secondary N) is 1. The molecule has 1 spiro atoms. The number of fused-ring (bicyclic) bond motifs is 2. The molecular weight excluding hydrogens is 430 g/mol. The van der Waals surface area contributed by atoms with E-state index >= 15 is 0 Å². The van der Waals surface area contributed by atoms with Crippen molar-refractivity contribution in [3.63, 3.8) is 0 Å². The van der Waals surface area contributed by atoms with Crippen molar-refractivity contribution >= 4 is 17.7 Å². The molecule has 3 aliphatic heterocycles. The van der Waals surface area contributed by atoms with E-state index < -0.39 is 17.5 Å². The van der Waals surface area contributed by atoms with Gasteiger partial charge in [-0.2, -0.15) is 0 Å². The van der Waals surface area contributed by atoms with E-state index in [-0.39, 0.29) is 53.6 Å². The Hall–Kier alpha value is -2.73. The molecule has 4 aliphatic rings. The van der Waals surface area contributed by atoms with Crippen molar-refractivity contribution < 1.29 is 23.9 Å². The lowest BCUT2D eigenvalue weighted by atomic mass is 9.59. The van der Waals surface area contributed by atoms with Gasteiger partial charge in [0.2, 0.25) is 5.60 Å². The molecule has 180 valence electrons. The molecule has 0 aromatic heterocycles. The van der Waals surface area contributed by atoms with Gasteiger partial charge in [-0.3, -0.25) is 14.4 Å². The summed E-state index contributed by atoms with van der Waals surface area (Å²) in [6, 6.07) is 9.89. The Morgan fingerprint density at radius 1 is 1.12 bits per heavy atom. The molecule has 1 N–H and O–H groups in total. The molecule has 0 bridgehead atoms. The number of benzene rings is 1. The number of hydrogen-bond donors (Lipinski definition) is 1. The number of Topliss-reactive ketones (excluding diaryl/α,β-unsaturated/α-hetero) is 1. The average molecular weight is 464 g/mol. The molecule has 1 saturated carbocycles. The summed E-state index contributed by atoms with van der Waals surface area (Å²) in [6.45, 7) is 7.83. The second-order valence-electron chi connectivity index (χ2n) is 10.6. The maximum absolute atomic E-state index is 13.8. The SMILES string of the molecule is C/C1=C\CC(=O)O[C@@]23C(=O)N[C@@H](Cc4ccccc4)[C@@H]2[C@H](C)[C@@]2(C)O[C@H]2[C@@H]3/C=C/C[C@H](C)C1=O. The third-order valence-electron chi connectivity index (χ3n) is 8.58. The van der Waals surface area contributed by atoms with Gasteiger partial charge in [0.15, 0.2) is 5.78 Å². The van der Waals surface area contributed by atoms with Crippen LogP contribution in [0.25, 0.3) is 0 Å². The minimum Gasteiger partial charge on any atom is -0.448 e. The van der Waals surface area contributed by atoms with E-state index in [1.165, 1.54) is 0 Å². The first-order chi connectivity index (χ1) is 16.2. The van der Waals surface area contributed by atoms with Crippen LogP contribution in [0.2, 0.25) is 0 Å². The molecular formula is C28H33NO5. The predicted molar refractivity (Wildman–Crippen MR) is 127 cm³/mol. The number of hydrogen-bond acceptors (Lipinski definition) is 5. The van der Waals surface area contributed by atoms with Crippen LogP contribution in [0.1, 0.15) is 46.1 Å². The number of epoxide rings is 1. The van der Waals surface area contributed by atoms with Gasteiger partial charge in [0.05, 0.1) is 24.0 Å². The van der Waals surface area contributed by atoms with Gasteiger partial charge in [-0.05, 0) is 43.7 Å². The van der Waals surface area contributed by atoms with E-state index in [2.05, 4.69) is 31.3 Å². The Morgan fingerprint density at radius 3 is 2.59 bits per heavy atom. The highest BCUT2D eigenvalue weighted by molar-refractivity contribution is 5.97. The van der Waals surface area contributed by atoms with Gasteiger partial charge in [-0.15, -0.1) is 0 Å². The third kappa shape index (κ3) is 3.46. The van der Waals surface area contributed by atoms with Gasteiger partial charge in [0.1, 0.15) is 0 Å². The van der Waals surface area contributed by atoms with Crippen LogP contribution in [-0.4, -0.2) is 41.0 Å². The number of rotatable bonds is 2. The van der Waals surface area contributed by atoms with Crippen LogP contribution in [0.5, 0.6) is 0 Å². The first-order valence-corrected chi connectivity index (χ1v) is 12.3. The standard InChI is InChI=1S/C28H33NO5/c1-16-9-8-12-20-25-27(4,34-25)18(3)23-21(15-19-10-6-5-7-11-19)29-26(32)28(20,23)33-22(30)14-13-17(2)24(16)31/h5-8,10-13,16,18,20-21,23,25H,9,14-15H2,1-4H3,(H,29,32)/b12-8+,17-13+/t16-,18-,20-,21-,23-,25-,27+,28+/m0/s1. The van der Waals surface area contributed by atoms with Crippen LogP contribution in [0.3, 0.4) is 0 Å². The minimum absolute atomic E-state index is 0.00768. The fraction of sp³-hybridized carbons (Fsp3) is 0.536. The summed E-state index contributed by atoms with van der Waals surface area (Å²) < 4.78 is 12.5. The molecule has 6 heteroatoms. The fourth-order valence-electron chi connectivity index (χ4n) is 6.50. The van der Waals surface area contributed by atoms with Gasteiger partial charge in [0, 0.05) is 17.9 Å². The molecule has 1 aliphatic carbocycles. The molecule has 34 heavy (non-hydrogen) atoms. The van der Waals surface area contributed by atoms with Gasteiger partial charge < -0.3 is 14.8 Å². The topological polar surface area (TPSA) is 85.0 Å². The minimum atomic E-state index is -1.33. The Bertz CT molecular complexity index is 1080. The lowest BCUT2D eigenvalue weighted by Gasteiger charge is -2.46. The molecule has 2 saturated heterocycles. The van der Waals surface area contributed by atoms with E-state index in [0.717, 1.165) is 5.56 Å². The lowest BCUT2D eigenvalue weighted by molar-refractivity contribution is -0.181. The summed E-state index contributed by atoms with van der Waals surface area (Å²) in [5.74, 6) is -1.55. The van der Waals surface area contributed by atoms with Crippen LogP contribution in [0.15, 0.2) is 54.1 Å². The summed E-state index contributed by atoms with van der Waals surface area (Å²) in [6.07, 6.45) is 6.53. The zero-order chi connectivity index (χ0) is 24.3. The van der Waals surface area contributed by atoms with Crippen LogP contribution in [0, 0.1) is 23.7 Å².